The molecular weight excluding hydrogens is 154 g/mol. The van der Waals surface area contributed by atoms with Crippen molar-refractivity contribution < 1.29 is 9.47 Å². The molecule has 2 bridgehead atoms. The van der Waals surface area contributed by atoms with Gasteiger partial charge in [-0.1, -0.05) is 12.2 Å². The summed E-state index contributed by atoms with van der Waals surface area (Å²) >= 11 is 0. The Morgan fingerprint density at radius 3 is 3.00 bits per heavy atom. The van der Waals surface area contributed by atoms with Gasteiger partial charge in [-0.2, -0.15) is 0 Å². The van der Waals surface area contributed by atoms with Crippen molar-refractivity contribution in [1.29, 1.82) is 0 Å². The summed E-state index contributed by atoms with van der Waals surface area (Å²) in [6.07, 6.45) is 7.00. The van der Waals surface area contributed by atoms with Gasteiger partial charge in [0.1, 0.15) is 6.10 Å². The Balaban J connectivity index is 1.73. The van der Waals surface area contributed by atoms with Crippen molar-refractivity contribution in [3.63, 3.8) is 0 Å². The van der Waals surface area contributed by atoms with Crippen molar-refractivity contribution in [2.45, 2.75) is 31.2 Å². The Kier molecular flexibility index (Phi) is 2.44. The monoisotopic (exact) mass is 169 g/mol. The molecule has 3 unspecified atom stereocenters. The lowest BCUT2D eigenvalue weighted by Crippen LogP contribution is -2.24. The largest absolute Gasteiger partial charge is 0.375 e. The Labute approximate surface area is 72.5 Å². The minimum atomic E-state index is 0.216. The highest BCUT2D eigenvalue weighted by Crippen LogP contribution is 2.30. The number of hydrogen-bond donors (Lipinski definition) is 1. The first kappa shape index (κ1) is 8.23. The van der Waals surface area contributed by atoms with Gasteiger partial charge in [-0.05, 0) is 13.0 Å². The van der Waals surface area contributed by atoms with Crippen LogP contribution in [0.25, 0.3) is 0 Å². The minimum absolute atomic E-state index is 0.216. The van der Waals surface area contributed by atoms with Crippen LogP contribution in [0.15, 0.2) is 12.2 Å². The van der Waals surface area contributed by atoms with Crippen LogP contribution in [-0.4, -0.2) is 31.5 Å². The van der Waals surface area contributed by atoms with E-state index in [1.807, 2.05) is 0 Å². The zero-order chi connectivity index (χ0) is 8.39. The molecule has 0 spiro atoms. The molecule has 12 heavy (non-hydrogen) atoms. The van der Waals surface area contributed by atoms with E-state index in [4.69, 9.17) is 15.2 Å². The highest BCUT2D eigenvalue weighted by Gasteiger charge is 2.37. The van der Waals surface area contributed by atoms with Gasteiger partial charge in [-0.15, -0.1) is 0 Å². The minimum Gasteiger partial charge on any atom is -0.375 e. The number of ether oxygens (including phenoxy) is 2. The zero-order valence-electron chi connectivity index (χ0n) is 7.11. The summed E-state index contributed by atoms with van der Waals surface area (Å²) in [6.45, 7) is 1.47. The molecule has 0 aromatic carbocycles. The molecule has 0 aromatic rings. The highest BCUT2D eigenvalue weighted by atomic mass is 16.6. The molecule has 3 nitrogen and oxygen atoms in total. The van der Waals surface area contributed by atoms with Crippen LogP contribution in [0, 0.1) is 0 Å². The second-order valence-corrected chi connectivity index (χ2v) is 3.31. The van der Waals surface area contributed by atoms with E-state index < -0.39 is 0 Å². The molecule has 2 heterocycles. The van der Waals surface area contributed by atoms with E-state index >= 15 is 0 Å². The molecule has 0 aromatic heterocycles. The smallest absolute Gasteiger partial charge is 0.103 e. The van der Waals surface area contributed by atoms with Gasteiger partial charge in [-0.25, -0.2) is 0 Å². The average Bonchev–Trinajstić information content (AvgIpc) is 2.65. The van der Waals surface area contributed by atoms with Crippen molar-refractivity contribution in [1.82, 2.24) is 0 Å². The van der Waals surface area contributed by atoms with Crippen LogP contribution in [0.3, 0.4) is 0 Å². The van der Waals surface area contributed by atoms with Crippen molar-refractivity contribution in [3.8, 4) is 0 Å². The summed E-state index contributed by atoms with van der Waals surface area (Å²) in [5.74, 6) is 0. The molecule has 68 valence electrons. The van der Waals surface area contributed by atoms with Gasteiger partial charge in [0.15, 0.2) is 0 Å². The lowest BCUT2D eigenvalue weighted by molar-refractivity contribution is 0.0126. The zero-order valence-corrected chi connectivity index (χ0v) is 7.11. The fourth-order valence-electron chi connectivity index (χ4n) is 1.72. The molecule has 2 rings (SSSR count). The van der Waals surface area contributed by atoms with E-state index in [1.165, 1.54) is 0 Å². The Bertz CT molecular complexity index is 181. The lowest BCUT2D eigenvalue weighted by Gasteiger charge is -2.15. The summed E-state index contributed by atoms with van der Waals surface area (Å²) in [5.41, 5.74) is 5.36. The van der Waals surface area contributed by atoms with Crippen molar-refractivity contribution in [2.75, 3.05) is 13.2 Å². The molecule has 1 fully saturated rings. The van der Waals surface area contributed by atoms with Crippen molar-refractivity contribution in [3.05, 3.63) is 12.2 Å². The Morgan fingerprint density at radius 2 is 2.42 bits per heavy atom. The predicted octanol–water partition coefficient (Wildman–Crippen LogP) is 0.448. The first-order valence-electron chi connectivity index (χ1n) is 4.55. The summed E-state index contributed by atoms with van der Waals surface area (Å²) in [4.78, 5) is 0. The summed E-state index contributed by atoms with van der Waals surface area (Å²) in [7, 11) is 0. The molecule has 2 N–H and O–H groups in total. The third-order valence-corrected chi connectivity index (χ3v) is 2.36. The van der Waals surface area contributed by atoms with E-state index in [-0.39, 0.29) is 12.2 Å². The molecule has 3 heteroatoms. The normalized spacial score (nSPS) is 37.9. The van der Waals surface area contributed by atoms with Crippen LogP contribution < -0.4 is 5.73 Å². The number of nitrogens with two attached hydrogens (primary N) is 1. The SMILES string of the molecule is NCCCOC1CC2C=CC1O2. The third kappa shape index (κ3) is 1.53. The molecule has 0 amide bonds. The van der Waals surface area contributed by atoms with E-state index in [0.717, 1.165) is 19.4 Å². The van der Waals surface area contributed by atoms with Crippen LogP contribution in [-0.2, 0) is 9.47 Å². The van der Waals surface area contributed by atoms with Crippen molar-refractivity contribution >= 4 is 0 Å². The van der Waals surface area contributed by atoms with Crippen LogP contribution in [0.4, 0.5) is 0 Å². The van der Waals surface area contributed by atoms with Gasteiger partial charge in [0, 0.05) is 13.0 Å². The fourth-order valence-corrected chi connectivity index (χ4v) is 1.72. The van der Waals surface area contributed by atoms with E-state index in [2.05, 4.69) is 12.2 Å². The molecule has 2 aliphatic heterocycles. The first-order valence-corrected chi connectivity index (χ1v) is 4.55. The number of fused-ring (bicyclic) bond motifs is 2. The molecule has 0 radical (unpaired) electrons. The average molecular weight is 169 g/mol. The van der Waals surface area contributed by atoms with Gasteiger partial charge >= 0.3 is 0 Å². The Morgan fingerprint density at radius 1 is 1.50 bits per heavy atom. The van der Waals surface area contributed by atoms with Gasteiger partial charge in [0.25, 0.3) is 0 Å². The first-order chi connectivity index (χ1) is 5.90. The predicted molar refractivity (Wildman–Crippen MR) is 45.8 cm³/mol. The molecule has 3 atom stereocenters. The van der Waals surface area contributed by atoms with Gasteiger partial charge in [-0.3, -0.25) is 0 Å². The lowest BCUT2D eigenvalue weighted by atomic mass is 10.1. The van der Waals surface area contributed by atoms with Crippen molar-refractivity contribution in [2.24, 2.45) is 5.73 Å². The summed E-state index contributed by atoms with van der Waals surface area (Å²) in [5, 5.41) is 0. The van der Waals surface area contributed by atoms with Gasteiger partial charge in [0.05, 0.1) is 12.2 Å². The topological polar surface area (TPSA) is 44.5 Å². The standard InChI is InChI=1S/C9H15NO2/c10-4-1-5-11-9-6-7-2-3-8(9)12-7/h2-3,7-9H,1,4-6,10H2. The molecule has 0 saturated carbocycles. The number of rotatable bonds is 4. The molecular formula is C9H15NO2. The quantitative estimate of drug-likeness (QED) is 0.491. The second-order valence-electron chi connectivity index (χ2n) is 3.31. The summed E-state index contributed by atoms with van der Waals surface area (Å²) < 4.78 is 11.2. The van der Waals surface area contributed by atoms with Gasteiger partial charge in [0.2, 0.25) is 0 Å². The van der Waals surface area contributed by atoms with Crippen LogP contribution in [0.5, 0.6) is 0 Å². The molecule has 1 saturated heterocycles. The summed E-state index contributed by atoms with van der Waals surface area (Å²) in [6, 6.07) is 0. The maximum absolute atomic E-state index is 5.62. The molecule has 2 aliphatic rings. The third-order valence-electron chi connectivity index (χ3n) is 2.36. The Hall–Kier alpha value is -0.380. The highest BCUT2D eigenvalue weighted by molar-refractivity contribution is 5.11. The maximum Gasteiger partial charge on any atom is 0.103 e. The van der Waals surface area contributed by atoms with E-state index in [1.54, 1.807) is 0 Å². The molecule has 0 aliphatic carbocycles. The van der Waals surface area contributed by atoms with Crippen LogP contribution in [0.1, 0.15) is 12.8 Å². The maximum atomic E-state index is 5.62. The fraction of sp³-hybridized carbons (Fsp3) is 0.778. The van der Waals surface area contributed by atoms with Gasteiger partial charge < -0.3 is 15.2 Å². The van der Waals surface area contributed by atoms with E-state index in [9.17, 15) is 0 Å². The number of hydrogen-bond acceptors (Lipinski definition) is 3. The second kappa shape index (κ2) is 3.56. The van der Waals surface area contributed by atoms with Crippen LogP contribution >= 0.6 is 0 Å². The van der Waals surface area contributed by atoms with E-state index in [0.29, 0.717) is 12.6 Å². The van der Waals surface area contributed by atoms with Crippen LogP contribution in [0.2, 0.25) is 0 Å².